The highest BCUT2D eigenvalue weighted by molar-refractivity contribution is 5.89. The van der Waals surface area contributed by atoms with E-state index in [1.165, 1.54) is 5.56 Å². The molecule has 2 heterocycles. The van der Waals surface area contributed by atoms with Crippen molar-refractivity contribution in [2.75, 3.05) is 13.1 Å². The van der Waals surface area contributed by atoms with Crippen LogP contribution in [0.15, 0.2) is 59.7 Å². The van der Waals surface area contributed by atoms with Crippen molar-refractivity contribution in [2.45, 2.75) is 26.4 Å². The average molecular weight is 352 g/mol. The minimum absolute atomic E-state index is 0.0268. The molecule has 1 aromatic carbocycles. The lowest BCUT2D eigenvalue weighted by Crippen LogP contribution is -2.37. The Morgan fingerprint density at radius 2 is 2.12 bits per heavy atom. The minimum Gasteiger partial charge on any atom is -0.467 e. The smallest absolute Gasteiger partial charge is 0.228 e. The van der Waals surface area contributed by atoms with E-state index in [0.29, 0.717) is 26.2 Å². The molecule has 5 nitrogen and oxygen atoms in total. The highest BCUT2D eigenvalue weighted by atomic mass is 16.3. The molecular weight excluding hydrogens is 328 g/mol. The van der Waals surface area contributed by atoms with Crippen LogP contribution in [0.1, 0.15) is 23.3 Å². The molecule has 0 radical (unpaired) electrons. The molecule has 1 aromatic heterocycles. The summed E-state index contributed by atoms with van der Waals surface area (Å²) < 4.78 is 5.35. The Morgan fingerprint density at radius 3 is 2.77 bits per heavy atom. The van der Waals surface area contributed by atoms with Gasteiger partial charge >= 0.3 is 0 Å². The number of amides is 2. The maximum absolute atomic E-state index is 12.9. The zero-order valence-electron chi connectivity index (χ0n) is 15.1. The number of likely N-dealkylation sites (tertiary alicyclic amines) is 1. The number of hydrogen-bond donors (Lipinski definition) is 0. The standard InChI is InChI=1S/C21H24N2O3/c1-3-10-22(15-19-5-4-11-26-19)21(25)18-12-20(24)23(14-18)13-17-8-6-16(2)7-9-17/h3-9,11,18H,1,10,12-15H2,2H3/t18-/m1/s1. The van der Waals surface area contributed by atoms with E-state index in [0.717, 1.165) is 11.3 Å². The van der Waals surface area contributed by atoms with Gasteiger partial charge in [-0.2, -0.15) is 0 Å². The molecular formula is C21H24N2O3. The van der Waals surface area contributed by atoms with Crippen molar-refractivity contribution in [1.29, 1.82) is 0 Å². The second-order valence-electron chi connectivity index (χ2n) is 6.75. The van der Waals surface area contributed by atoms with Crippen LogP contribution in [0.25, 0.3) is 0 Å². The Labute approximate surface area is 153 Å². The summed E-state index contributed by atoms with van der Waals surface area (Å²) in [5.74, 6) is 0.408. The van der Waals surface area contributed by atoms with Gasteiger partial charge in [-0.15, -0.1) is 6.58 Å². The van der Waals surface area contributed by atoms with Crippen LogP contribution < -0.4 is 0 Å². The highest BCUT2D eigenvalue weighted by Crippen LogP contribution is 2.23. The normalized spacial score (nSPS) is 16.7. The minimum atomic E-state index is -0.317. The number of benzene rings is 1. The van der Waals surface area contributed by atoms with Crippen molar-refractivity contribution in [3.63, 3.8) is 0 Å². The van der Waals surface area contributed by atoms with Gasteiger partial charge in [-0.3, -0.25) is 9.59 Å². The molecule has 0 aliphatic carbocycles. The Hall–Kier alpha value is -2.82. The van der Waals surface area contributed by atoms with Crippen LogP contribution in [0.3, 0.4) is 0 Å². The zero-order valence-corrected chi connectivity index (χ0v) is 15.1. The van der Waals surface area contributed by atoms with E-state index >= 15 is 0 Å². The second-order valence-corrected chi connectivity index (χ2v) is 6.75. The maximum atomic E-state index is 12.9. The van der Waals surface area contributed by atoms with Crippen LogP contribution in [-0.2, 0) is 22.7 Å². The fourth-order valence-electron chi connectivity index (χ4n) is 3.24. The first-order chi connectivity index (χ1) is 12.6. The van der Waals surface area contributed by atoms with E-state index < -0.39 is 0 Å². The maximum Gasteiger partial charge on any atom is 0.228 e. The summed E-state index contributed by atoms with van der Waals surface area (Å²) in [6, 6.07) is 11.8. The number of hydrogen-bond acceptors (Lipinski definition) is 3. The molecule has 1 atom stereocenters. The van der Waals surface area contributed by atoms with Gasteiger partial charge < -0.3 is 14.2 Å². The van der Waals surface area contributed by atoms with Gasteiger partial charge in [0.1, 0.15) is 5.76 Å². The van der Waals surface area contributed by atoms with Gasteiger partial charge in [-0.25, -0.2) is 0 Å². The summed E-state index contributed by atoms with van der Waals surface area (Å²) in [4.78, 5) is 28.7. The number of furan rings is 1. The number of carbonyl (C=O) groups excluding carboxylic acids is 2. The molecule has 1 fully saturated rings. The number of carbonyl (C=O) groups is 2. The lowest BCUT2D eigenvalue weighted by Gasteiger charge is -2.23. The number of aryl methyl sites for hydroxylation is 1. The Morgan fingerprint density at radius 1 is 1.35 bits per heavy atom. The monoisotopic (exact) mass is 352 g/mol. The van der Waals surface area contributed by atoms with E-state index in [9.17, 15) is 9.59 Å². The first kappa shape index (κ1) is 18.0. The summed E-state index contributed by atoms with van der Waals surface area (Å²) in [6.07, 6.45) is 3.55. The largest absolute Gasteiger partial charge is 0.467 e. The molecule has 5 heteroatoms. The molecule has 136 valence electrons. The van der Waals surface area contributed by atoms with Crippen LogP contribution >= 0.6 is 0 Å². The van der Waals surface area contributed by atoms with Gasteiger partial charge in [0.15, 0.2) is 0 Å². The summed E-state index contributed by atoms with van der Waals surface area (Å²) >= 11 is 0. The van der Waals surface area contributed by atoms with Gasteiger partial charge in [0.05, 0.1) is 18.7 Å². The molecule has 0 N–H and O–H groups in total. The third kappa shape index (κ3) is 4.23. The molecule has 0 spiro atoms. The van der Waals surface area contributed by atoms with E-state index in [-0.39, 0.29) is 24.2 Å². The quantitative estimate of drug-likeness (QED) is 0.719. The predicted octanol–water partition coefficient (Wildman–Crippen LogP) is 3.15. The Bertz CT molecular complexity index is 765. The van der Waals surface area contributed by atoms with Crippen molar-refractivity contribution in [2.24, 2.45) is 5.92 Å². The van der Waals surface area contributed by atoms with Gasteiger partial charge in [-0.05, 0) is 24.6 Å². The van der Waals surface area contributed by atoms with Gasteiger partial charge in [0.25, 0.3) is 0 Å². The molecule has 2 amide bonds. The van der Waals surface area contributed by atoms with Gasteiger partial charge in [0.2, 0.25) is 11.8 Å². The molecule has 0 unspecified atom stereocenters. The second kappa shape index (κ2) is 8.04. The molecule has 1 aliphatic heterocycles. The van der Waals surface area contributed by atoms with Crippen LogP contribution in [0.4, 0.5) is 0 Å². The van der Waals surface area contributed by atoms with E-state index in [4.69, 9.17) is 4.42 Å². The first-order valence-corrected chi connectivity index (χ1v) is 8.82. The summed E-state index contributed by atoms with van der Waals surface area (Å²) in [5.41, 5.74) is 2.27. The number of nitrogens with zero attached hydrogens (tertiary/aromatic N) is 2. The van der Waals surface area contributed by atoms with Gasteiger partial charge in [-0.1, -0.05) is 35.9 Å². The Balaban J connectivity index is 1.64. The lowest BCUT2D eigenvalue weighted by atomic mass is 10.1. The SMILES string of the molecule is C=CCN(Cc1ccco1)C(=O)[C@@H]1CC(=O)N(Cc2ccc(C)cc2)C1. The van der Waals surface area contributed by atoms with Crippen LogP contribution in [0, 0.1) is 12.8 Å². The van der Waals surface area contributed by atoms with Crippen molar-refractivity contribution in [1.82, 2.24) is 9.80 Å². The molecule has 26 heavy (non-hydrogen) atoms. The van der Waals surface area contributed by atoms with Crippen molar-refractivity contribution in [3.05, 3.63) is 72.2 Å². The Kier molecular flexibility index (Phi) is 5.56. The van der Waals surface area contributed by atoms with Crippen LogP contribution in [0.5, 0.6) is 0 Å². The van der Waals surface area contributed by atoms with Crippen LogP contribution in [-0.4, -0.2) is 34.7 Å². The zero-order chi connectivity index (χ0) is 18.5. The third-order valence-electron chi connectivity index (χ3n) is 4.65. The van der Waals surface area contributed by atoms with Gasteiger partial charge in [0, 0.05) is 26.1 Å². The molecule has 0 saturated carbocycles. The van der Waals surface area contributed by atoms with E-state index in [1.807, 2.05) is 37.3 Å². The molecule has 2 aromatic rings. The predicted molar refractivity (Wildman–Crippen MR) is 99.0 cm³/mol. The van der Waals surface area contributed by atoms with Crippen molar-refractivity contribution < 1.29 is 14.0 Å². The first-order valence-electron chi connectivity index (χ1n) is 8.82. The number of rotatable bonds is 7. The van der Waals surface area contributed by atoms with E-state index in [2.05, 4.69) is 6.58 Å². The molecule has 1 saturated heterocycles. The van der Waals surface area contributed by atoms with Crippen molar-refractivity contribution in [3.8, 4) is 0 Å². The molecule has 0 bridgehead atoms. The fourth-order valence-corrected chi connectivity index (χ4v) is 3.24. The lowest BCUT2D eigenvalue weighted by molar-refractivity contribution is -0.136. The van der Waals surface area contributed by atoms with E-state index in [1.54, 1.807) is 28.2 Å². The average Bonchev–Trinajstić information content (AvgIpc) is 3.26. The van der Waals surface area contributed by atoms with Crippen LogP contribution in [0.2, 0.25) is 0 Å². The summed E-state index contributed by atoms with van der Waals surface area (Å²) in [6.45, 7) is 7.59. The highest BCUT2D eigenvalue weighted by Gasteiger charge is 2.36. The topological polar surface area (TPSA) is 53.8 Å². The summed E-state index contributed by atoms with van der Waals surface area (Å²) in [5, 5.41) is 0. The molecule has 3 rings (SSSR count). The van der Waals surface area contributed by atoms with Crippen molar-refractivity contribution >= 4 is 11.8 Å². The fraction of sp³-hybridized carbons (Fsp3) is 0.333. The third-order valence-corrected chi connectivity index (χ3v) is 4.65. The molecule has 1 aliphatic rings. The summed E-state index contributed by atoms with van der Waals surface area (Å²) in [7, 11) is 0.